The van der Waals surface area contributed by atoms with Crippen LogP contribution < -0.4 is 5.32 Å². The molecule has 1 aliphatic rings. The van der Waals surface area contributed by atoms with Gasteiger partial charge in [-0.05, 0) is 24.3 Å². The average Bonchev–Trinajstić information content (AvgIpc) is 2.56. The van der Waals surface area contributed by atoms with Gasteiger partial charge >= 0.3 is 5.97 Å². The van der Waals surface area contributed by atoms with E-state index in [4.69, 9.17) is 0 Å². The maximum absolute atomic E-state index is 12.0. The van der Waals surface area contributed by atoms with Crippen LogP contribution in [0.1, 0.15) is 23.2 Å². The van der Waals surface area contributed by atoms with Gasteiger partial charge in [0.1, 0.15) is 5.54 Å². The summed E-state index contributed by atoms with van der Waals surface area (Å²) in [5, 5.41) is 12.1. The van der Waals surface area contributed by atoms with E-state index in [9.17, 15) is 19.5 Å². The van der Waals surface area contributed by atoms with Crippen molar-refractivity contribution in [3.8, 4) is 0 Å². The number of carbonyl (C=O) groups is 3. The van der Waals surface area contributed by atoms with Gasteiger partial charge in [-0.3, -0.25) is 9.59 Å². The van der Waals surface area contributed by atoms with E-state index in [1.807, 2.05) is 6.07 Å². The van der Waals surface area contributed by atoms with Crippen LogP contribution in [0.15, 0.2) is 30.3 Å². The Morgan fingerprint density at radius 2 is 1.78 bits per heavy atom. The number of carboxylic acids is 1. The number of rotatable bonds is 7. The van der Waals surface area contributed by atoms with Crippen molar-refractivity contribution in [3.63, 3.8) is 0 Å². The lowest BCUT2D eigenvalue weighted by Crippen LogP contribution is -2.57. The molecule has 2 N–H and O–H groups in total. The van der Waals surface area contributed by atoms with Crippen molar-refractivity contribution in [2.75, 3.05) is 23.0 Å². The highest BCUT2D eigenvalue weighted by molar-refractivity contribution is 8.00. The molecule has 0 aliphatic carbocycles. The molecule has 1 amide bonds. The molecule has 1 fully saturated rings. The third kappa shape index (κ3) is 5.00. The summed E-state index contributed by atoms with van der Waals surface area (Å²) >= 11 is 2.90. The van der Waals surface area contributed by atoms with E-state index in [2.05, 4.69) is 5.32 Å². The Morgan fingerprint density at radius 3 is 2.39 bits per heavy atom. The first-order valence-corrected chi connectivity index (χ1v) is 9.62. The predicted molar refractivity (Wildman–Crippen MR) is 93.2 cm³/mol. The van der Waals surface area contributed by atoms with E-state index in [0.29, 0.717) is 18.4 Å². The van der Waals surface area contributed by atoms with Gasteiger partial charge in [-0.1, -0.05) is 30.3 Å². The first kappa shape index (κ1) is 17.9. The minimum atomic E-state index is -1.15. The van der Waals surface area contributed by atoms with Crippen LogP contribution in [0.25, 0.3) is 0 Å². The third-order valence-corrected chi connectivity index (χ3v) is 5.61. The van der Waals surface area contributed by atoms with Gasteiger partial charge in [0.05, 0.1) is 11.5 Å². The molecule has 5 nitrogen and oxygen atoms in total. The molecular formula is C16H19NO4S2. The molecular weight excluding hydrogens is 334 g/mol. The number of Topliss-reactive ketones (excluding diaryl/α,β-unsaturated/α-hetero) is 1. The zero-order chi connectivity index (χ0) is 16.7. The number of thioether (sulfide) groups is 2. The molecule has 2 rings (SSSR count). The van der Waals surface area contributed by atoms with E-state index in [-0.39, 0.29) is 23.2 Å². The van der Waals surface area contributed by atoms with Crippen LogP contribution in [0.2, 0.25) is 0 Å². The maximum atomic E-state index is 12.0. The van der Waals surface area contributed by atoms with Crippen LogP contribution in [0.5, 0.6) is 0 Å². The maximum Gasteiger partial charge on any atom is 0.329 e. The number of hydrogen-bond donors (Lipinski definition) is 2. The lowest BCUT2D eigenvalue weighted by atomic mass is 9.92. The van der Waals surface area contributed by atoms with Crippen LogP contribution in [0.4, 0.5) is 0 Å². The number of benzene rings is 1. The zero-order valence-corrected chi connectivity index (χ0v) is 14.3. The van der Waals surface area contributed by atoms with E-state index in [1.165, 1.54) is 11.8 Å². The molecule has 1 heterocycles. The molecule has 0 aromatic heterocycles. The molecule has 0 atom stereocenters. The van der Waals surface area contributed by atoms with Crippen LogP contribution in [-0.2, 0) is 9.59 Å². The van der Waals surface area contributed by atoms with Gasteiger partial charge in [-0.2, -0.15) is 11.8 Å². The molecule has 7 heteroatoms. The molecule has 1 aromatic carbocycles. The number of hydrogen-bond acceptors (Lipinski definition) is 5. The van der Waals surface area contributed by atoms with Crippen molar-refractivity contribution in [3.05, 3.63) is 35.9 Å². The van der Waals surface area contributed by atoms with Crippen molar-refractivity contribution in [2.45, 2.75) is 18.4 Å². The molecule has 1 aliphatic heterocycles. The molecule has 0 spiro atoms. The van der Waals surface area contributed by atoms with Crippen LogP contribution in [0, 0.1) is 0 Å². The van der Waals surface area contributed by atoms with Crippen molar-refractivity contribution >= 4 is 41.2 Å². The second-order valence-corrected chi connectivity index (χ2v) is 7.54. The largest absolute Gasteiger partial charge is 0.480 e. The van der Waals surface area contributed by atoms with Crippen LogP contribution >= 0.6 is 23.5 Å². The van der Waals surface area contributed by atoms with Gasteiger partial charge in [0.25, 0.3) is 0 Å². The third-order valence-electron chi connectivity index (χ3n) is 3.70. The van der Waals surface area contributed by atoms with Crippen molar-refractivity contribution in [1.29, 1.82) is 0 Å². The SMILES string of the molecule is O=C(CSCC(=O)c1ccccc1)NC1(C(=O)O)CCSCC1. The van der Waals surface area contributed by atoms with Gasteiger partial charge < -0.3 is 10.4 Å². The fourth-order valence-electron chi connectivity index (χ4n) is 2.36. The highest BCUT2D eigenvalue weighted by Gasteiger charge is 2.41. The fraction of sp³-hybridized carbons (Fsp3) is 0.438. The van der Waals surface area contributed by atoms with E-state index < -0.39 is 11.5 Å². The van der Waals surface area contributed by atoms with Crippen LogP contribution in [-0.4, -0.2) is 51.3 Å². The minimum Gasteiger partial charge on any atom is -0.480 e. The van der Waals surface area contributed by atoms with Crippen LogP contribution in [0.3, 0.4) is 0 Å². The second-order valence-electron chi connectivity index (χ2n) is 5.33. The predicted octanol–water partition coefficient (Wildman–Crippen LogP) is 2.07. The number of amides is 1. The van der Waals surface area contributed by atoms with Gasteiger partial charge in [-0.15, -0.1) is 11.8 Å². The minimum absolute atomic E-state index is 0.0367. The second kappa shape index (κ2) is 8.40. The molecule has 0 bridgehead atoms. The quantitative estimate of drug-likeness (QED) is 0.730. The van der Waals surface area contributed by atoms with Gasteiger partial charge in [0.2, 0.25) is 5.91 Å². The van der Waals surface area contributed by atoms with E-state index >= 15 is 0 Å². The number of ketones is 1. The standard InChI is InChI=1S/C16H19NO4S2/c18-13(12-4-2-1-3-5-12)10-23-11-14(19)17-16(15(20)21)6-8-22-9-7-16/h1-5H,6-11H2,(H,17,19)(H,20,21). The molecule has 1 aromatic rings. The summed E-state index contributed by atoms with van der Waals surface area (Å²) in [5.74, 6) is 0.402. The Morgan fingerprint density at radius 1 is 1.13 bits per heavy atom. The monoisotopic (exact) mass is 353 g/mol. The molecule has 0 radical (unpaired) electrons. The summed E-state index contributed by atoms with van der Waals surface area (Å²) < 4.78 is 0. The lowest BCUT2D eigenvalue weighted by molar-refractivity contribution is -0.147. The molecule has 124 valence electrons. The summed E-state index contributed by atoms with van der Waals surface area (Å²) in [4.78, 5) is 35.5. The highest BCUT2D eigenvalue weighted by atomic mass is 32.2. The number of carbonyl (C=O) groups excluding carboxylic acids is 2. The van der Waals surface area contributed by atoms with Gasteiger partial charge in [0.15, 0.2) is 5.78 Å². The Hall–Kier alpha value is -1.47. The van der Waals surface area contributed by atoms with Crippen molar-refractivity contribution in [2.24, 2.45) is 0 Å². The van der Waals surface area contributed by atoms with E-state index in [1.54, 1.807) is 36.0 Å². The van der Waals surface area contributed by atoms with Gasteiger partial charge in [-0.25, -0.2) is 4.79 Å². The van der Waals surface area contributed by atoms with E-state index in [0.717, 1.165) is 11.5 Å². The number of nitrogens with one attached hydrogen (secondary N) is 1. The summed E-state index contributed by atoms with van der Waals surface area (Å²) in [6.45, 7) is 0. The molecule has 23 heavy (non-hydrogen) atoms. The Balaban J connectivity index is 1.80. The topological polar surface area (TPSA) is 83.5 Å². The van der Waals surface area contributed by atoms with Crippen molar-refractivity contribution in [1.82, 2.24) is 5.32 Å². The molecule has 1 saturated heterocycles. The normalized spacial score (nSPS) is 16.5. The first-order chi connectivity index (χ1) is 11.0. The smallest absolute Gasteiger partial charge is 0.329 e. The average molecular weight is 353 g/mol. The summed E-state index contributed by atoms with van der Waals surface area (Å²) in [5.41, 5.74) is -0.529. The first-order valence-electron chi connectivity index (χ1n) is 7.32. The Labute approximate surface area is 143 Å². The summed E-state index contributed by atoms with van der Waals surface area (Å²) in [6, 6.07) is 8.90. The van der Waals surface area contributed by atoms with Crippen molar-refractivity contribution < 1.29 is 19.5 Å². The van der Waals surface area contributed by atoms with Gasteiger partial charge in [0, 0.05) is 5.56 Å². The molecule has 0 unspecified atom stereocenters. The zero-order valence-electron chi connectivity index (χ0n) is 12.6. The lowest BCUT2D eigenvalue weighted by Gasteiger charge is -2.33. The fourth-order valence-corrected chi connectivity index (χ4v) is 4.26. The summed E-state index contributed by atoms with van der Waals surface area (Å²) in [7, 11) is 0. The Bertz CT molecular complexity index is 571. The summed E-state index contributed by atoms with van der Waals surface area (Å²) in [6.07, 6.45) is 0.874. The highest BCUT2D eigenvalue weighted by Crippen LogP contribution is 2.27. The Kier molecular flexibility index (Phi) is 6.53. The number of aliphatic carboxylic acids is 1. The molecule has 0 saturated carbocycles. The number of carboxylic acid groups (broad SMARTS) is 1.